The van der Waals surface area contributed by atoms with Crippen LogP contribution in [0.3, 0.4) is 0 Å². The van der Waals surface area contributed by atoms with Crippen molar-refractivity contribution >= 4 is 23.2 Å². The molecule has 1 atom stereocenters. The van der Waals surface area contributed by atoms with E-state index in [1.165, 1.54) is 0 Å². The zero-order valence-corrected chi connectivity index (χ0v) is 20.7. The van der Waals surface area contributed by atoms with Crippen molar-refractivity contribution in [1.82, 2.24) is 19.6 Å². The van der Waals surface area contributed by atoms with Crippen molar-refractivity contribution < 1.29 is 9.90 Å². The number of nitrogens with zero attached hydrogens (tertiary/aromatic N) is 3. The third-order valence-electron chi connectivity index (χ3n) is 7.22. The van der Waals surface area contributed by atoms with Crippen molar-refractivity contribution in [3.63, 3.8) is 0 Å². The van der Waals surface area contributed by atoms with Crippen LogP contribution in [-0.4, -0.2) is 51.0 Å². The number of piperidine rings is 1. The Hall–Kier alpha value is -2.93. The van der Waals surface area contributed by atoms with Gasteiger partial charge in [-0.1, -0.05) is 67.1 Å². The molecule has 1 aromatic carbocycles. The summed E-state index contributed by atoms with van der Waals surface area (Å²) in [5.41, 5.74) is 3.40. The van der Waals surface area contributed by atoms with Crippen molar-refractivity contribution in [2.24, 2.45) is 0 Å². The van der Waals surface area contributed by atoms with Gasteiger partial charge in [0, 0.05) is 31.9 Å². The second-order valence-corrected chi connectivity index (χ2v) is 9.83. The van der Waals surface area contributed by atoms with Crippen molar-refractivity contribution in [3.05, 3.63) is 94.4 Å². The summed E-state index contributed by atoms with van der Waals surface area (Å²) >= 11 is 6.15. The zero-order valence-electron chi connectivity index (χ0n) is 20.0. The number of hydrogen-bond acceptors (Lipinski definition) is 4. The van der Waals surface area contributed by atoms with Gasteiger partial charge < -0.3 is 10.4 Å². The lowest BCUT2D eigenvalue weighted by Gasteiger charge is -2.41. The minimum absolute atomic E-state index is 0.149. The van der Waals surface area contributed by atoms with Crippen molar-refractivity contribution in [1.29, 1.82) is 0 Å². The lowest BCUT2D eigenvalue weighted by molar-refractivity contribution is -0.0313. The van der Waals surface area contributed by atoms with Gasteiger partial charge in [0.2, 0.25) is 0 Å². The lowest BCUT2D eigenvalue weighted by atomic mass is 9.83. The second-order valence-electron chi connectivity index (χ2n) is 9.39. The largest absolute Gasteiger partial charge is 0.385 e. The zero-order chi connectivity index (χ0) is 24.4. The lowest BCUT2D eigenvalue weighted by Crippen LogP contribution is -2.46. The Morgan fingerprint density at radius 2 is 1.97 bits per heavy atom. The number of likely N-dealkylation sites (tertiary alicyclic amines) is 1. The number of aromatic nitrogens is 2. The molecule has 3 aromatic rings. The number of imidazole rings is 1. The molecule has 0 saturated carbocycles. The number of aliphatic hydroxyl groups is 1. The number of nitrogens with one attached hydrogen (secondary N) is 1. The molecule has 3 heterocycles. The van der Waals surface area contributed by atoms with Gasteiger partial charge in [0.05, 0.1) is 16.3 Å². The fourth-order valence-corrected chi connectivity index (χ4v) is 5.30. The molecule has 6 nitrogen and oxygen atoms in total. The number of aryl methyl sites for hydroxylation is 1. The summed E-state index contributed by atoms with van der Waals surface area (Å²) in [6.07, 6.45) is 11.3. The first-order valence-corrected chi connectivity index (χ1v) is 12.7. The number of carbonyl (C=O) groups is 1. The maximum Gasteiger partial charge on any atom is 0.270 e. The van der Waals surface area contributed by atoms with E-state index in [9.17, 15) is 9.90 Å². The third-order valence-corrected chi connectivity index (χ3v) is 7.44. The number of benzene rings is 1. The molecule has 1 aliphatic heterocycles. The van der Waals surface area contributed by atoms with Gasteiger partial charge in [0.25, 0.3) is 5.91 Å². The average Bonchev–Trinajstić information content (AvgIpc) is 3.26. The van der Waals surface area contributed by atoms with Gasteiger partial charge in [0.15, 0.2) is 0 Å². The minimum atomic E-state index is -0.735. The average molecular weight is 491 g/mol. The Morgan fingerprint density at radius 3 is 2.66 bits per heavy atom. The van der Waals surface area contributed by atoms with Crippen LogP contribution in [0.2, 0.25) is 5.02 Å². The molecule has 2 N–H and O–H groups in total. The molecule has 0 spiro atoms. The van der Waals surface area contributed by atoms with Gasteiger partial charge >= 0.3 is 0 Å². The number of pyridine rings is 1. The normalized spacial score (nSPS) is 20.1. The highest BCUT2D eigenvalue weighted by atomic mass is 35.5. The Balaban J connectivity index is 1.17. The molecule has 1 amide bonds. The van der Waals surface area contributed by atoms with E-state index in [0.29, 0.717) is 29.7 Å². The first-order valence-electron chi connectivity index (χ1n) is 12.3. The van der Waals surface area contributed by atoms with Crippen molar-refractivity contribution in [2.75, 3.05) is 19.6 Å². The Bertz CT molecular complexity index is 1270. The van der Waals surface area contributed by atoms with Crippen LogP contribution in [0.5, 0.6) is 0 Å². The number of rotatable bonds is 6. The molecule has 2 aliphatic rings. The minimum Gasteiger partial charge on any atom is -0.385 e. The van der Waals surface area contributed by atoms with Gasteiger partial charge in [0.1, 0.15) is 11.3 Å². The Labute approximate surface area is 210 Å². The molecule has 35 heavy (non-hydrogen) atoms. The molecule has 5 rings (SSSR count). The third kappa shape index (κ3) is 4.92. The molecule has 1 aliphatic carbocycles. The monoisotopic (exact) mass is 490 g/mol. The predicted molar refractivity (Wildman–Crippen MR) is 139 cm³/mol. The van der Waals surface area contributed by atoms with E-state index in [0.717, 1.165) is 54.8 Å². The van der Waals surface area contributed by atoms with Gasteiger partial charge in [-0.05, 0) is 49.0 Å². The second kappa shape index (κ2) is 9.97. The highest BCUT2D eigenvalue weighted by molar-refractivity contribution is 6.30. The molecule has 0 radical (unpaired) electrons. The maximum atomic E-state index is 13.0. The Morgan fingerprint density at radius 1 is 1.20 bits per heavy atom. The number of fused-ring (bicyclic) bond motifs is 1. The first-order chi connectivity index (χ1) is 17.0. The number of carbonyl (C=O) groups excluding carboxylic acids is 1. The molecule has 2 aromatic heterocycles. The van der Waals surface area contributed by atoms with Crippen molar-refractivity contribution in [2.45, 2.75) is 44.2 Å². The van der Waals surface area contributed by atoms with Crippen LogP contribution >= 0.6 is 11.6 Å². The molecular formula is C28H31ClN4O2. The molecule has 182 valence electrons. The van der Waals surface area contributed by atoms with E-state index in [-0.39, 0.29) is 5.91 Å². The molecule has 1 saturated heterocycles. The summed E-state index contributed by atoms with van der Waals surface area (Å²) in [4.78, 5) is 20.1. The standard InChI is InChI=1S/C28H31ClN4O2/c1-2-24-26(33-19-22(29)10-13-25(33)31-24)27(34)30-18-20-8-11-23(12-9-20)32-16-14-28(35,15-17-32)21-6-4-3-5-7-21/h3-11,13,19,23,35H,2,12,14-18H2,1H3,(H,30,34). The summed E-state index contributed by atoms with van der Waals surface area (Å²) in [6, 6.07) is 13.9. The van der Waals surface area contributed by atoms with Gasteiger partial charge in [-0.15, -0.1) is 0 Å². The van der Waals surface area contributed by atoms with Gasteiger partial charge in [-0.3, -0.25) is 14.1 Å². The van der Waals surface area contributed by atoms with Crippen LogP contribution in [0.25, 0.3) is 5.65 Å². The summed E-state index contributed by atoms with van der Waals surface area (Å²) < 4.78 is 1.77. The molecule has 7 heteroatoms. The highest BCUT2D eigenvalue weighted by Crippen LogP contribution is 2.34. The quantitative estimate of drug-likeness (QED) is 0.533. The SMILES string of the molecule is CCc1nc2ccc(Cl)cn2c1C(=O)NCC1=CCC(N2CCC(O)(c3ccccc3)CC2)C=C1. The number of amides is 1. The van der Waals surface area contributed by atoms with Gasteiger partial charge in [-0.2, -0.15) is 0 Å². The summed E-state index contributed by atoms with van der Waals surface area (Å²) in [5.74, 6) is -0.149. The van der Waals surface area contributed by atoms with Crippen LogP contribution < -0.4 is 5.32 Å². The molecule has 1 unspecified atom stereocenters. The summed E-state index contributed by atoms with van der Waals surface area (Å²) in [6.45, 7) is 4.18. The van der Waals surface area contributed by atoms with Crippen molar-refractivity contribution in [3.8, 4) is 0 Å². The summed E-state index contributed by atoms with van der Waals surface area (Å²) in [5, 5.41) is 14.7. The maximum absolute atomic E-state index is 13.0. The predicted octanol–water partition coefficient (Wildman–Crippen LogP) is 4.52. The van der Waals surface area contributed by atoms with Crippen LogP contribution in [0.4, 0.5) is 0 Å². The Kier molecular flexibility index (Phi) is 6.78. The molecule has 0 bridgehead atoms. The first kappa shape index (κ1) is 23.8. The van der Waals surface area contributed by atoms with Crippen LogP contribution in [0.1, 0.15) is 47.9 Å². The van der Waals surface area contributed by atoms with E-state index < -0.39 is 5.60 Å². The fraction of sp³-hybridized carbons (Fsp3) is 0.357. The van der Waals surface area contributed by atoms with Gasteiger partial charge in [-0.25, -0.2) is 4.98 Å². The highest BCUT2D eigenvalue weighted by Gasteiger charge is 2.35. The van der Waals surface area contributed by atoms with E-state index in [4.69, 9.17) is 11.6 Å². The number of hydrogen-bond donors (Lipinski definition) is 2. The fourth-order valence-electron chi connectivity index (χ4n) is 5.14. The van der Waals surface area contributed by atoms with Crippen LogP contribution in [0.15, 0.2) is 72.5 Å². The van der Waals surface area contributed by atoms with E-state index in [1.807, 2.05) is 43.3 Å². The van der Waals surface area contributed by atoms with Crippen LogP contribution in [0, 0.1) is 0 Å². The van der Waals surface area contributed by atoms with Crippen LogP contribution in [-0.2, 0) is 12.0 Å². The number of halogens is 1. The van der Waals surface area contributed by atoms with E-state index >= 15 is 0 Å². The summed E-state index contributed by atoms with van der Waals surface area (Å²) in [7, 11) is 0. The molecular weight excluding hydrogens is 460 g/mol. The molecule has 1 fully saturated rings. The topological polar surface area (TPSA) is 69.9 Å². The smallest absolute Gasteiger partial charge is 0.270 e. The van der Waals surface area contributed by atoms with E-state index in [1.54, 1.807) is 16.7 Å². The van der Waals surface area contributed by atoms with E-state index in [2.05, 4.69) is 33.4 Å².